The predicted octanol–water partition coefficient (Wildman–Crippen LogP) is 3.09. The van der Waals surface area contributed by atoms with Crippen molar-refractivity contribution in [3.8, 4) is 0 Å². The van der Waals surface area contributed by atoms with Crippen LogP contribution in [0.3, 0.4) is 0 Å². The highest BCUT2D eigenvalue weighted by atomic mass is 15.0. The van der Waals surface area contributed by atoms with Crippen molar-refractivity contribution in [2.24, 2.45) is 7.05 Å². The zero-order valence-electron chi connectivity index (χ0n) is 9.47. The van der Waals surface area contributed by atoms with Gasteiger partial charge in [0, 0.05) is 18.9 Å². The Labute approximate surface area is 76.6 Å². The Bertz CT molecular complexity index is 170. The molecule has 0 aliphatic heterocycles. The molecule has 0 bridgehead atoms. The molecule has 0 N–H and O–H groups in total. The minimum atomic E-state index is 1.07. The average molecular weight is 170 g/mol. The molecule has 1 rings (SSSR count). The third-order valence-corrected chi connectivity index (χ3v) is 1.45. The van der Waals surface area contributed by atoms with E-state index in [2.05, 4.69) is 9.55 Å². The van der Waals surface area contributed by atoms with E-state index in [0.717, 1.165) is 5.82 Å². The molecule has 0 atom stereocenters. The van der Waals surface area contributed by atoms with Gasteiger partial charge < -0.3 is 4.57 Å². The maximum atomic E-state index is 4.08. The molecule has 2 heteroatoms. The highest BCUT2D eigenvalue weighted by Gasteiger charge is 1.92. The first kappa shape index (κ1) is 13.8. The van der Waals surface area contributed by atoms with Gasteiger partial charge in [-0.1, -0.05) is 27.7 Å². The summed E-state index contributed by atoms with van der Waals surface area (Å²) in [7, 11) is 2.01. The molecule has 12 heavy (non-hydrogen) atoms. The Morgan fingerprint density at radius 3 is 1.58 bits per heavy atom. The molecular weight excluding hydrogens is 148 g/mol. The molecule has 0 aliphatic rings. The number of hydrogen-bond acceptors (Lipinski definition) is 1. The van der Waals surface area contributed by atoms with Crippen molar-refractivity contribution >= 4 is 0 Å². The number of nitrogens with zero attached hydrogens (tertiary/aromatic N) is 2. The Balaban J connectivity index is 0. The number of imidazole rings is 1. The van der Waals surface area contributed by atoms with Crippen molar-refractivity contribution in [1.29, 1.82) is 0 Å². The van der Waals surface area contributed by atoms with Gasteiger partial charge in [-0.3, -0.25) is 0 Å². The molecule has 0 amide bonds. The summed E-state index contributed by atoms with van der Waals surface area (Å²) >= 11 is 0. The van der Waals surface area contributed by atoms with Gasteiger partial charge in [0.25, 0.3) is 0 Å². The van der Waals surface area contributed by atoms with Crippen molar-refractivity contribution < 1.29 is 0 Å². The van der Waals surface area contributed by atoms with Gasteiger partial charge in [-0.25, -0.2) is 4.98 Å². The van der Waals surface area contributed by atoms with Crippen LogP contribution < -0.4 is 0 Å². The van der Waals surface area contributed by atoms with Crippen LogP contribution in [-0.4, -0.2) is 9.55 Å². The standard InChI is InChI=1S/C6H10N2.2C2H6/c1-5-4-7-6(2)8(5)3;2*1-2/h4H,1-3H3;2*1-2H3. The van der Waals surface area contributed by atoms with Crippen molar-refractivity contribution in [1.82, 2.24) is 9.55 Å². The van der Waals surface area contributed by atoms with Gasteiger partial charge in [0.05, 0.1) is 0 Å². The minimum Gasteiger partial charge on any atom is -0.336 e. The van der Waals surface area contributed by atoms with E-state index in [1.165, 1.54) is 5.69 Å². The van der Waals surface area contributed by atoms with Crippen LogP contribution in [0, 0.1) is 13.8 Å². The van der Waals surface area contributed by atoms with Gasteiger partial charge in [-0.2, -0.15) is 0 Å². The van der Waals surface area contributed by atoms with E-state index < -0.39 is 0 Å². The number of aryl methyl sites for hydroxylation is 2. The average Bonchev–Trinajstić information content (AvgIpc) is 2.43. The van der Waals surface area contributed by atoms with Crippen LogP contribution in [0.2, 0.25) is 0 Å². The van der Waals surface area contributed by atoms with Crippen LogP contribution in [0.1, 0.15) is 39.2 Å². The SMILES string of the molecule is CC.CC.Cc1cnc(C)n1C. The molecule has 0 spiro atoms. The van der Waals surface area contributed by atoms with E-state index >= 15 is 0 Å². The maximum Gasteiger partial charge on any atom is 0.105 e. The second kappa shape index (κ2) is 8.31. The van der Waals surface area contributed by atoms with Crippen LogP contribution in [0.25, 0.3) is 0 Å². The summed E-state index contributed by atoms with van der Waals surface area (Å²) in [5.41, 5.74) is 1.21. The van der Waals surface area contributed by atoms with Gasteiger partial charge in [-0.15, -0.1) is 0 Å². The molecule has 2 nitrogen and oxygen atoms in total. The Kier molecular flexibility index (Phi) is 9.54. The third-order valence-electron chi connectivity index (χ3n) is 1.45. The van der Waals surface area contributed by atoms with E-state index in [0.29, 0.717) is 0 Å². The van der Waals surface area contributed by atoms with E-state index in [-0.39, 0.29) is 0 Å². The fourth-order valence-electron chi connectivity index (χ4n) is 0.615. The summed E-state index contributed by atoms with van der Waals surface area (Å²) in [4.78, 5) is 4.08. The van der Waals surface area contributed by atoms with E-state index in [4.69, 9.17) is 0 Å². The van der Waals surface area contributed by atoms with Gasteiger partial charge in [0.1, 0.15) is 5.82 Å². The van der Waals surface area contributed by atoms with Crippen LogP contribution in [-0.2, 0) is 7.05 Å². The van der Waals surface area contributed by atoms with Crippen molar-refractivity contribution in [3.63, 3.8) is 0 Å². The normalized spacial score (nSPS) is 7.58. The fraction of sp³-hybridized carbons (Fsp3) is 0.700. The highest BCUT2D eigenvalue weighted by Crippen LogP contribution is 1.96. The van der Waals surface area contributed by atoms with Gasteiger partial charge in [0.2, 0.25) is 0 Å². The lowest BCUT2D eigenvalue weighted by Crippen LogP contribution is -1.92. The van der Waals surface area contributed by atoms with E-state index in [1.54, 1.807) is 0 Å². The third kappa shape index (κ3) is 4.16. The number of hydrogen-bond donors (Lipinski definition) is 0. The van der Waals surface area contributed by atoms with Crippen LogP contribution in [0.5, 0.6) is 0 Å². The molecule has 0 fully saturated rings. The molecule has 0 aliphatic carbocycles. The molecule has 0 radical (unpaired) electrons. The second-order valence-corrected chi connectivity index (χ2v) is 2.01. The number of aromatic nitrogens is 2. The molecule has 1 aromatic rings. The highest BCUT2D eigenvalue weighted by molar-refractivity contribution is 4.99. The second-order valence-electron chi connectivity index (χ2n) is 2.01. The first-order valence-corrected chi connectivity index (χ1v) is 4.66. The molecule has 72 valence electrons. The van der Waals surface area contributed by atoms with Crippen LogP contribution >= 0.6 is 0 Å². The Morgan fingerprint density at radius 1 is 1.08 bits per heavy atom. The number of rotatable bonds is 0. The topological polar surface area (TPSA) is 17.8 Å². The van der Waals surface area contributed by atoms with Crippen molar-refractivity contribution in [2.45, 2.75) is 41.5 Å². The molecule has 0 saturated heterocycles. The predicted molar refractivity (Wildman–Crippen MR) is 55.4 cm³/mol. The summed E-state index contributed by atoms with van der Waals surface area (Å²) in [5, 5.41) is 0. The largest absolute Gasteiger partial charge is 0.336 e. The van der Waals surface area contributed by atoms with Crippen molar-refractivity contribution in [2.75, 3.05) is 0 Å². The maximum absolute atomic E-state index is 4.08. The van der Waals surface area contributed by atoms with Crippen LogP contribution in [0.15, 0.2) is 6.20 Å². The van der Waals surface area contributed by atoms with E-state index in [1.807, 2.05) is 54.8 Å². The van der Waals surface area contributed by atoms with Gasteiger partial charge >= 0.3 is 0 Å². The minimum absolute atomic E-state index is 1.07. The zero-order chi connectivity index (χ0) is 10.1. The lowest BCUT2D eigenvalue weighted by molar-refractivity contribution is 0.827. The monoisotopic (exact) mass is 170 g/mol. The van der Waals surface area contributed by atoms with Gasteiger partial charge in [-0.05, 0) is 13.8 Å². The van der Waals surface area contributed by atoms with Gasteiger partial charge in [0.15, 0.2) is 0 Å². The molecule has 1 aromatic heterocycles. The molecule has 0 saturated carbocycles. The van der Waals surface area contributed by atoms with Crippen LogP contribution in [0.4, 0.5) is 0 Å². The Morgan fingerprint density at radius 2 is 1.50 bits per heavy atom. The Hall–Kier alpha value is -0.790. The summed E-state index contributed by atoms with van der Waals surface area (Å²) in [6.07, 6.45) is 1.87. The molecule has 0 unspecified atom stereocenters. The smallest absolute Gasteiger partial charge is 0.105 e. The molecular formula is C10H22N2. The quantitative estimate of drug-likeness (QED) is 0.585. The fourth-order valence-corrected chi connectivity index (χ4v) is 0.615. The first-order valence-electron chi connectivity index (χ1n) is 4.66. The van der Waals surface area contributed by atoms with Crippen molar-refractivity contribution in [3.05, 3.63) is 17.7 Å². The first-order chi connectivity index (χ1) is 5.72. The lowest BCUT2D eigenvalue weighted by Gasteiger charge is -1.93. The summed E-state index contributed by atoms with van der Waals surface area (Å²) < 4.78 is 2.06. The zero-order valence-corrected chi connectivity index (χ0v) is 9.47. The summed E-state index contributed by atoms with van der Waals surface area (Å²) in [6.45, 7) is 12.0. The van der Waals surface area contributed by atoms with E-state index in [9.17, 15) is 0 Å². The summed E-state index contributed by atoms with van der Waals surface area (Å²) in [6, 6.07) is 0. The lowest BCUT2D eigenvalue weighted by atomic mass is 10.5. The molecule has 1 heterocycles. The summed E-state index contributed by atoms with van der Waals surface area (Å²) in [5.74, 6) is 1.07. The molecule has 0 aromatic carbocycles.